The van der Waals surface area contributed by atoms with Crippen molar-refractivity contribution in [2.75, 3.05) is 5.32 Å². The SMILES string of the molecule is CC(=O)Nc1ccc(Cl)c(C(=O)NC(CCC(=O)O)Cc2ccccc2)c1. The molecule has 0 aliphatic heterocycles. The Balaban J connectivity index is 2.16. The molecule has 7 heteroatoms. The highest BCUT2D eigenvalue weighted by atomic mass is 35.5. The molecular formula is C20H21ClN2O4. The highest BCUT2D eigenvalue weighted by molar-refractivity contribution is 6.34. The molecule has 0 saturated carbocycles. The molecule has 0 aliphatic carbocycles. The standard InChI is InChI=1S/C20H21ClN2O4/c1-13(24)22-16-7-9-18(21)17(12-16)20(27)23-15(8-10-19(25)26)11-14-5-3-2-4-6-14/h2-7,9,12,15H,8,10-11H2,1H3,(H,22,24)(H,23,27)(H,25,26). The molecule has 1 atom stereocenters. The number of aliphatic carboxylic acids is 1. The lowest BCUT2D eigenvalue weighted by atomic mass is 10.0. The molecule has 142 valence electrons. The summed E-state index contributed by atoms with van der Waals surface area (Å²) in [5.41, 5.74) is 1.67. The first-order valence-corrected chi connectivity index (χ1v) is 8.86. The van der Waals surface area contributed by atoms with Crippen molar-refractivity contribution in [1.29, 1.82) is 0 Å². The van der Waals surface area contributed by atoms with Gasteiger partial charge in [-0.3, -0.25) is 14.4 Å². The van der Waals surface area contributed by atoms with Crippen LogP contribution >= 0.6 is 11.6 Å². The molecule has 0 bridgehead atoms. The zero-order chi connectivity index (χ0) is 19.8. The minimum absolute atomic E-state index is 0.0581. The Kier molecular flexibility index (Phi) is 7.37. The van der Waals surface area contributed by atoms with E-state index in [9.17, 15) is 14.4 Å². The molecule has 0 fully saturated rings. The van der Waals surface area contributed by atoms with Crippen molar-refractivity contribution in [3.8, 4) is 0 Å². The predicted octanol–water partition coefficient (Wildman–Crippen LogP) is 3.50. The largest absolute Gasteiger partial charge is 0.481 e. The lowest BCUT2D eigenvalue weighted by Crippen LogP contribution is -2.37. The van der Waals surface area contributed by atoms with E-state index in [4.69, 9.17) is 16.7 Å². The topological polar surface area (TPSA) is 95.5 Å². The molecule has 2 aromatic carbocycles. The number of hydrogen-bond acceptors (Lipinski definition) is 3. The van der Waals surface area contributed by atoms with Gasteiger partial charge in [0, 0.05) is 25.1 Å². The number of halogens is 1. The molecule has 0 radical (unpaired) electrons. The molecule has 3 N–H and O–H groups in total. The Labute approximate surface area is 162 Å². The lowest BCUT2D eigenvalue weighted by Gasteiger charge is -2.19. The minimum Gasteiger partial charge on any atom is -0.481 e. The summed E-state index contributed by atoms with van der Waals surface area (Å²) < 4.78 is 0. The summed E-state index contributed by atoms with van der Waals surface area (Å²) in [5, 5.41) is 14.7. The third-order valence-corrected chi connectivity index (χ3v) is 4.23. The molecule has 0 spiro atoms. The molecule has 0 heterocycles. The van der Waals surface area contributed by atoms with Crippen molar-refractivity contribution in [1.82, 2.24) is 5.32 Å². The van der Waals surface area contributed by atoms with Crippen LogP contribution in [0.25, 0.3) is 0 Å². The Hall–Kier alpha value is -2.86. The van der Waals surface area contributed by atoms with Crippen LogP contribution in [0.5, 0.6) is 0 Å². The van der Waals surface area contributed by atoms with Crippen LogP contribution in [0, 0.1) is 0 Å². The Bertz CT molecular complexity index is 824. The van der Waals surface area contributed by atoms with E-state index in [0.29, 0.717) is 18.5 Å². The Morgan fingerprint density at radius 2 is 1.81 bits per heavy atom. The smallest absolute Gasteiger partial charge is 0.303 e. The van der Waals surface area contributed by atoms with E-state index in [0.717, 1.165) is 5.56 Å². The first kappa shape index (κ1) is 20.5. The van der Waals surface area contributed by atoms with Crippen molar-refractivity contribution in [2.45, 2.75) is 32.2 Å². The first-order chi connectivity index (χ1) is 12.8. The number of rotatable bonds is 8. The van der Waals surface area contributed by atoms with Crippen LogP contribution in [-0.4, -0.2) is 28.9 Å². The molecule has 2 rings (SSSR count). The van der Waals surface area contributed by atoms with Crippen LogP contribution in [0.3, 0.4) is 0 Å². The Morgan fingerprint density at radius 1 is 1.11 bits per heavy atom. The Morgan fingerprint density at radius 3 is 2.44 bits per heavy atom. The summed E-state index contributed by atoms with van der Waals surface area (Å²) >= 11 is 6.13. The number of carboxylic acids is 1. The lowest BCUT2D eigenvalue weighted by molar-refractivity contribution is -0.137. The highest BCUT2D eigenvalue weighted by Gasteiger charge is 2.18. The van der Waals surface area contributed by atoms with Gasteiger partial charge in [0.25, 0.3) is 5.91 Å². The second kappa shape index (κ2) is 9.73. The number of carbonyl (C=O) groups excluding carboxylic acids is 2. The molecular weight excluding hydrogens is 368 g/mol. The van der Waals surface area contributed by atoms with Gasteiger partial charge < -0.3 is 15.7 Å². The fourth-order valence-electron chi connectivity index (χ4n) is 2.67. The summed E-state index contributed by atoms with van der Waals surface area (Å²) in [6.45, 7) is 1.37. The molecule has 0 saturated heterocycles. The summed E-state index contributed by atoms with van der Waals surface area (Å²) in [5.74, 6) is -1.60. The quantitative estimate of drug-likeness (QED) is 0.644. The number of hydrogen-bond donors (Lipinski definition) is 3. The average Bonchev–Trinajstić information content (AvgIpc) is 2.61. The summed E-state index contributed by atoms with van der Waals surface area (Å²) in [6.07, 6.45) is 0.735. The summed E-state index contributed by atoms with van der Waals surface area (Å²) in [4.78, 5) is 34.8. The van der Waals surface area contributed by atoms with Crippen LogP contribution in [-0.2, 0) is 16.0 Å². The molecule has 6 nitrogen and oxygen atoms in total. The van der Waals surface area contributed by atoms with Crippen molar-refractivity contribution >= 4 is 35.1 Å². The highest BCUT2D eigenvalue weighted by Crippen LogP contribution is 2.21. The van der Waals surface area contributed by atoms with Gasteiger partial charge in [0.05, 0.1) is 10.6 Å². The number of anilines is 1. The normalized spacial score (nSPS) is 11.5. The fraction of sp³-hybridized carbons (Fsp3) is 0.250. The van der Waals surface area contributed by atoms with E-state index in [2.05, 4.69) is 10.6 Å². The van der Waals surface area contributed by atoms with E-state index >= 15 is 0 Å². The summed E-state index contributed by atoms with van der Waals surface area (Å²) in [6, 6.07) is 13.8. The van der Waals surface area contributed by atoms with Gasteiger partial charge in [-0.15, -0.1) is 0 Å². The van der Waals surface area contributed by atoms with Crippen LogP contribution in [0.1, 0.15) is 35.7 Å². The maximum Gasteiger partial charge on any atom is 0.303 e. The predicted molar refractivity (Wildman–Crippen MR) is 104 cm³/mol. The average molecular weight is 389 g/mol. The van der Waals surface area contributed by atoms with E-state index in [1.54, 1.807) is 6.07 Å². The molecule has 0 aromatic heterocycles. The number of carbonyl (C=O) groups is 3. The van der Waals surface area contributed by atoms with Gasteiger partial charge in [0.2, 0.25) is 5.91 Å². The zero-order valence-electron chi connectivity index (χ0n) is 14.9. The third-order valence-electron chi connectivity index (χ3n) is 3.90. The number of benzene rings is 2. The van der Waals surface area contributed by atoms with Gasteiger partial charge in [-0.05, 0) is 36.6 Å². The molecule has 2 amide bonds. The minimum atomic E-state index is -0.923. The maximum atomic E-state index is 12.7. The fourth-order valence-corrected chi connectivity index (χ4v) is 2.87. The van der Waals surface area contributed by atoms with E-state index < -0.39 is 11.9 Å². The second-order valence-electron chi connectivity index (χ2n) is 6.17. The van der Waals surface area contributed by atoms with Gasteiger partial charge in [-0.25, -0.2) is 0 Å². The zero-order valence-corrected chi connectivity index (χ0v) is 15.6. The van der Waals surface area contributed by atoms with E-state index in [1.807, 2.05) is 30.3 Å². The van der Waals surface area contributed by atoms with Gasteiger partial charge in [-0.1, -0.05) is 41.9 Å². The maximum absolute atomic E-state index is 12.7. The molecule has 0 aliphatic rings. The van der Waals surface area contributed by atoms with Gasteiger partial charge in [-0.2, -0.15) is 0 Å². The van der Waals surface area contributed by atoms with Crippen LogP contribution in [0.4, 0.5) is 5.69 Å². The van der Waals surface area contributed by atoms with Crippen molar-refractivity contribution < 1.29 is 19.5 Å². The molecule has 27 heavy (non-hydrogen) atoms. The van der Waals surface area contributed by atoms with Gasteiger partial charge in [0.1, 0.15) is 0 Å². The van der Waals surface area contributed by atoms with Crippen LogP contribution in [0.2, 0.25) is 5.02 Å². The second-order valence-corrected chi connectivity index (χ2v) is 6.58. The van der Waals surface area contributed by atoms with Crippen LogP contribution in [0.15, 0.2) is 48.5 Å². The van der Waals surface area contributed by atoms with E-state index in [-0.39, 0.29) is 29.0 Å². The van der Waals surface area contributed by atoms with Gasteiger partial charge >= 0.3 is 5.97 Å². The van der Waals surface area contributed by atoms with Crippen molar-refractivity contribution in [2.24, 2.45) is 0 Å². The number of nitrogens with one attached hydrogen (secondary N) is 2. The van der Waals surface area contributed by atoms with Crippen LogP contribution < -0.4 is 10.6 Å². The molecule has 1 unspecified atom stereocenters. The summed E-state index contributed by atoms with van der Waals surface area (Å²) in [7, 11) is 0. The molecule has 2 aromatic rings. The van der Waals surface area contributed by atoms with Crippen molar-refractivity contribution in [3.05, 3.63) is 64.7 Å². The van der Waals surface area contributed by atoms with Crippen molar-refractivity contribution in [3.63, 3.8) is 0 Å². The first-order valence-electron chi connectivity index (χ1n) is 8.49. The van der Waals surface area contributed by atoms with Gasteiger partial charge in [0.15, 0.2) is 0 Å². The number of amides is 2. The number of carboxylic acid groups (broad SMARTS) is 1. The monoisotopic (exact) mass is 388 g/mol. The van der Waals surface area contributed by atoms with E-state index in [1.165, 1.54) is 19.1 Å². The third kappa shape index (κ3) is 6.75.